The summed E-state index contributed by atoms with van der Waals surface area (Å²) in [4.78, 5) is 20.0. The lowest BCUT2D eigenvalue weighted by Gasteiger charge is -2.10. The molecule has 0 aliphatic heterocycles. The Labute approximate surface area is 123 Å². The fourth-order valence-electron chi connectivity index (χ4n) is 1.42. The van der Waals surface area contributed by atoms with Gasteiger partial charge in [0.15, 0.2) is 0 Å². The summed E-state index contributed by atoms with van der Waals surface area (Å²) in [5.41, 5.74) is 0. The van der Waals surface area contributed by atoms with E-state index in [1.807, 2.05) is 18.4 Å². The fraction of sp³-hybridized carbons (Fsp3) is 0.250. The minimum atomic E-state index is -0.266. The van der Waals surface area contributed by atoms with Crippen LogP contribution in [0.25, 0.3) is 0 Å². The third-order valence-electron chi connectivity index (χ3n) is 2.41. The molecule has 100 valence electrons. The Hall–Kier alpha value is -1.47. The van der Waals surface area contributed by atoms with Crippen molar-refractivity contribution in [2.24, 2.45) is 0 Å². The molecular weight excluding hydrogens is 328 g/mol. The predicted octanol–water partition coefficient (Wildman–Crippen LogP) is 3.23. The standard InChI is InChI=1S/C12H13BrN4OS/c1-8(11-14-4-5-19-11)6-16-12(18)17-10-3-2-9(13)7-15-10/h2-5,7-8H,6H2,1H3,(H2,15,16,17,18)/t8-/m1/s1. The summed E-state index contributed by atoms with van der Waals surface area (Å²) in [6, 6.07) is 3.28. The largest absolute Gasteiger partial charge is 0.337 e. The van der Waals surface area contributed by atoms with Crippen LogP contribution in [0, 0.1) is 0 Å². The average molecular weight is 341 g/mol. The molecule has 2 amide bonds. The van der Waals surface area contributed by atoms with Gasteiger partial charge in [0.05, 0.1) is 5.01 Å². The van der Waals surface area contributed by atoms with Crippen molar-refractivity contribution in [3.05, 3.63) is 39.4 Å². The number of nitrogens with one attached hydrogen (secondary N) is 2. The summed E-state index contributed by atoms with van der Waals surface area (Å²) in [5, 5.41) is 8.41. The highest BCUT2D eigenvalue weighted by Crippen LogP contribution is 2.16. The van der Waals surface area contributed by atoms with Crippen molar-refractivity contribution < 1.29 is 4.79 Å². The van der Waals surface area contributed by atoms with Gasteiger partial charge < -0.3 is 5.32 Å². The monoisotopic (exact) mass is 340 g/mol. The Morgan fingerprint density at radius 2 is 2.32 bits per heavy atom. The molecule has 2 aromatic rings. The summed E-state index contributed by atoms with van der Waals surface area (Å²) in [5.74, 6) is 0.714. The maximum atomic E-state index is 11.7. The summed E-state index contributed by atoms with van der Waals surface area (Å²) < 4.78 is 0.871. The Balaban J connectivity index is 1.80. The number of hydrogen-bond acceptors (Lipinski definition) is 4. The molecule has 1 atom stereocenters. The average Bonchev–Trinajstić information content (AvgIpc) is 2.93. The first kappa shape index (κ1) is 14.0. The van der Waals surface area contributed by atoms with Gasteiger partial charge in [-0.25, -0.2) is 14.8 Å². The summed E-state index contributed by atoms with van der Waals surface area (Å²) in [6.45, 7) is 2.56. The highest BCUT2D eigenvalue weighted by Gasteiger charge is 2.10. The van der Waals surface area contributed by atoms with E-state index >= 15 is 0 Å². The highest BCUT2D eigenvalue weighted by molar-refractivity contribution is 9.10. The van der Waals surface area contributed by atoms with E-state index in [1.165, 1.54) is 0 Å². The molecular formula is C12H13BrN4OS. The van der Waals surface area contributed by atoms with Crippen LogP contribution in [0.3, 0.4) is 0 Å². The third kappa shape index (κ3) is 4.29. The van der Waals surface area contributed by atoms with Crippen molar-refractivity contribution in [1.29, 1.82) is 0 Å². The van der Waals surface area contributed by atoms with Crippen LogP contribution in [0.15, 0.2) is 34.4 Å². The van der Waals surface area contributed by atoms with Gasteiger partial charge in [-0.2, -0.15) is 0 Å². The Morgan fingerprint density at radius 1 is 1.47 bits per heavy atom. The molecule has 19 heavy (non-hydrogen) atoms. The second kappa shape index (κ2) is 6.63. The summed E-state index contributed by atoms with van der Waals surface area (Å²) >= 11 is 4.87. The smallest absolute Gasteiger partial charge is 0.320 e. The van der Waals surface area contributed by atoms with Gasteiger partial charge >= 0.3 is 6.03 Å². The first-order chi connectivity index (χ1) is 9.15. The van der Waals surface area contributed by atoms with Crippen molar-refractivity contribution in [3.8, 4) is 0 Å². The van der Waals surface area contributed by atoms with E-state index < -0.39 is 0 Å². The molecule has 0 aliphatic rings. The lowest BCUT2D eigenvalue weighted by atomic mass is 10.2. The van der Waals surface area contributed by atoms with E-state index in [-0.39, 0.29) is 11.9 Å². The maximum absolute atomic E-state index is 11.7. The molecule has 2 N–H and O–H groups in total. The zero-order valence-corrected chi connectivity index (χ0v) is 12.7. The Bertz CT molecular complexity index is 529. The molecule has 0 saturated heterocycles. The number of thiazole rings is 1. The van der Waals surface area contributed by atoms with Gasteiger partial charge in [0.2, 0.25) is 0 Å². The van der Waals surface area contributed by atoms with Crippen molar-refractivity contribution >= 4 is 39.1 Å². The van der Waals surface area contributed by atoms with Crippen LogP contribution < -0.4 is 10.6 Å². The molecule has 2 aromatic heterocycles. The lowest BCUT2D eigenvalue weighted by molar-refractivity contribution is 0.251. The van der Waals surface area contributed by atoms with Gasteiger partial charge in [0.25, 0.3) is 0 Å². The topological polar surface area (TPSA) is 66.9 Å². The SMILES string of the molecule is C[C@H](CNC(=O)Nc1ccc(Br)cn1)c1nccs1. The van der Waals surface area contributed by atoms with Gasteiger partial charge in [0.1, 0.15) is 5.82 Å². The van der Waals surface area contributed by atoms with Crippen molar-refractivity contribution in [3.63, 3.8) is 0 Å². The minimum Gasteiger partial charge on any atom is -0.337 e. The van der Waals surface area contributed by atoms with Crippen molar-refractivity contribution in [2.75, 3.05) is 11.9 Å². The number of urea groups is 1. The predicted molar refractivity (Wildman–Crippen MR) is 79.5 cm³/mol. The molecule has 0 spiro atoms. The minimum absolute atomic E-state index is 0.198. The normalized spacial score (nSPS) is 11.9. The van der Waals surface area contributed by atoms with Crippen LogP contribution in [0.2, 0.25) is 0 Å². The summed E-state index contributed by atoms with van der Waals surface area (Å²) in [6.07, 6.45) is 3.40. The number of carbonyl (C=O) groups is 1. The van der Waals surface area contributed by atoms with Crippen LogP contribution in [-0.4, -0.2) is 22.5 Å². The van der Waals surface area contributed by atoms with E-state index in [4.69, 9.17) is 0 Å². The molecule has 0 radical (unpaired) electrons. The fourth-order valence-corrected chi connectivity index (χ4v) is 2.35. The molecule has 0 bridgehead atoms. The Morgan fingerprint density at radius 3 is 2.95 bits per heavy atom. The number of nitrogens with zero attached hydrogens (tertiary/aromatic N) is 2. The summed E-state index contributed by atoms with van der Waals surface area (Å²) in [7, 11) is 0. The van der Waals surface area contributed by atoms with Crippen LogP contribution in [0.4, 0.5) is 10.6 Å². The van der Waals surface area contributed by atoms with Gasteiger partial charge in [-0.15, -0.1) is 11.3 Å². The number of halogens is 1. The Kier molecular flexibility index (Phi) is 4.86. The molecule has 0 fully saturated rings. The third-order valence-corrected chi connectivity index (χ3v) is 3.89. The number of hydrogen-bond donors (Lipinski definition) is 2. The molecule has 0 unspecified atom stereocenters. The quantitative estimate of drug-likeness (QED) is 0.897. The second-order valence-corrected chi connectivity index (χ2v) is 5.81. The molecule has 7 heteroatoms. The van der Waals surface area contributed by atoms with Gasteiger partial charge in [-0.3, -0.25) is 5.32 Å². The number of pyridine rings is 1. The zero-order chi connectivity index (χ0) is 13.7. The number of rotatable bonds is 4. The maximum Gasteiger partial charge on any atom is 0.320 e. The van der Waals surface area contributed by atoms with Gasteiger partial charge in [-0.1, -0.05) is 6.92 Å². The van der Waals surface area contributed by atoms with Crippen LogP contribution in [-0.2, 0) is 0 Å². The van der Waals surface area contributed by atoms with E-state index in [0.717, 1.165) is 9.48 Å². The number of carbonyl (C=O) groups excluding carboxylic acids is 1. The number of aromatic nitrogens is 2. The molecule has 0 aromatic carbocycles. The van der Waals surface area contributed by atoms with Crippen LogP contribution >= 0.6 is 27.3 Å². The van der Waals surface area contributed by atoms with Gasteiger partial charge in [0, 0.05) is 34.7 Å². The highest BCUT2D eigenvalue weighted by atomic mass is 79.9. The molecule has 2 heterocycles. The first-order valence-electron chi connectivity index (χ1n) is 5.71. The zero-order valence-electron chi connectivity index (χ0n) is 10.3. The van der Waals surface area contributed by atoms with E-state index in [0.29, 0.717) is 12.4 Å². The van der Waals surface area contributed by atoms with Gasteiger partial charge in [-0.05, 0) is 28.1 Å². The van der Waals surface area contributed by atoms with E-state index in [1.54, 1.807) is 29.8 Å². The molecule has 0 saturated carbocycles. The molecule has 5 nitrogen and oxygen atoms in total. The van der Waals surface area contributed by atoms with Crippen LogP contribution in [0.1, 0.15) is 17.8 Å². The number of amides is 2. The number of anilines is 1. The van der Waals surface area contributed by atoms with E-state index in [9.17, 15) is 4.79 Å². The van der Waals surface area contributed by atoms with Crippen molar-refractivity contribution in [1.82, 2.24) is 15.3 Å². The first-order valence-corrected chi connectivity index (χ1v) is 7.38. The molecule has 0 aliphatic carbocycles. The van der Waals surface area contributed by atoms with Crippen LogP contribution in [0.5, 0.6) is 0 Å². The van der Waals surface area contributed by atoms with E-state index in [2.05, 4.69) is 36.5 Å². The molecule has 2 rings (SSSR count). The van der Waals surface area contributed by atoms with Crippen molar-refractivity contribution in [2.45, 2.75) is 12.8 Å². The second-order valence-electron chi connectivity index (χ2n) is 3.97. The lowest BCUT2D eigenvalue weighted by Crippen LogP contribution is -2.32.